The Hall–Kier alpha value is -3.07. The summed E-state index contributed by atoms with van der Waals surface area (Å²) in [6.45, 7) is 8.38. The van der Waals surface area contributed by atoms with Crippen molar-refractivity contribution in [1.82, 2.24) is 14.5 Å². The third-order valence-corrected chi connectivity index (χ3v) is 6.52. The highest BCUT2D eigenvalue weighted by atomic mass is 16.5. The fourth-order valence-corrected chi connectivity index (χ4v) is 4.54. The van der Waals surface area contributed by atoms with Gasteiger partial charge in [-0.05, 0) is 43.2 Å². The van der Waals surface area contributed by atoms with E-state index in [-0.39, 0.29) is 13.2 Å². The normalized spacial score (nSPS) is 18.4. The van der Waals surface area contributed by atoms with Crippen LogP contribution in [0.1, 0.15) is 30.3 Å². The lowest BCUT2D eigenvalue weighted by Crippen LogP contribution is -2.48. The lowest BCUT2D eigenvalue weighted by Gasteiger charge is -2.30. The number of hydrogen-bond donors (Lipinski definition) is 1. The molecule has 200 valence electrons. The first-order chi connectivity index (χ1) is 18.0. The average molecular weight is 510 g/mol. The van der Waals surface area contributed by atoms with Crippen molar-refractivity contribution in [2.75, 3.05) is 46.6 Å². The number of aryl methyl sites for hydroxylation is 3. The number of ether oxygens (including phenoxy) is 4. The van der Waals surface area contributed by atoms with Crippen LogP contribution >= 0.6 is 0 Å². The minimum atomic E-state index is -1.10. The number of methoxy groups -OCH3 is 1. The van der Waals surface area contributed by atoms with Crippen LogP contribution in [0, 0.1) is 6.92 Å². The fourth-order valence-electron chi connectivity index (χ4n) is 4.54. The fraction of sp³-hybridized carbons (Fsp3) is 0.483. The van der Waals surface area contributed by atoms with Crippen LogP contribution in [0.4, 0.5) is 0 Å². The van der Waals surface area contributed by atoms with E-state index in [0.29, 0.717) is 32.1 Å². The smallest absolute Gasteiger partial charge is 0.161 e. The van der Waals surface area contributed by atoms with E-state index in [1.165, 1.54) is 5.56 Å². The summed E-state index contributed by atoms with van der Waals surface area (Å²) >= 11 is 0. The van der Waals surface area contributed by atoms with Crippen LogP contribution < -0.4 is 14.2 Å². The number of hydrogen-bond acceptors (Lipinski definition) is 7. The lowest BCUT2D eigenvalue weighted by molar-refractivity contribution is -0.0646. The largest absolute Gasteiger partial charge is 0.493 e. The molecule has 1 aromatic heterocycles. The van der Waals surface area contributed by atoms with Gasteiger partial charge in [0.05, 0.1) is 26.9 Å². The topological polar surface area (TPSA) is 78.2 Å². The number of benzene rings is 2. The van der Waals surface area contributed by atoms with E-state index >= 15 is 0 Å². The van der Waals surface area contributed by atoms with Gasteiger partial charge in [-0.2, -0.15) is 0 Å². The first-order valence-corrected chi connectivity index (χ1v) is 13.0. The molecule has 2 aromatic carbocycles. The molecule has 8 nitrogen and oxygen atoms in total. The molecule has 1 fully saturated rings. The Balaban J connectivity index is 1.34. The Bertz CT molecular complexity index is 1120. The molecule has 0 aliphatic carbocycles. The van der Waals surface area contributed by atoms with Gasteiger partial charge in [-0.3, -0.25) is 4.90 Å². The first-order valence-electron chi connectivity index (χ1n) is 13.0. The summed E-state index contributed by atoms with van der Waals surface area (Å²) in [6, 6.07) is 13.9. The summed E-state index contributed by atoms with van der Waals surface area (Å²) in [5.41, 5.74) is 1.15. The van der Waals surface area contributed by atoms with Gasteiger partial charge in [0.25, 0.3) is 0 Å². The first kappa shape index (κ1) is 27.0. The molecule has 0 bridgehead atoms. The van der Waals surface area contributed by atoms with Crippen molar-refractivity contribution < 1.29 is 24.1 Å². The summed E-state index contributed by atoms with van der Waals surface area (Å²) < 4.78 is 25.5. The van der Waals surface area contributed by atoms with Crippen molar-refractivity contribution in [2.24, 2.45) is 0 Å². The van der Waals surface area contributed by atoms with E-state index in [2.05, 4.69) is 21.4 Å². The molecule has 1 atom stereocenters. The Morgan fingerprint density at radius 1 is 1.11 bits per heavy atom. The van der Waals surface area contributed by atoms with E-state index < -0.39 is 5.60 Å². The SMILES string of the molecule is CCc1nccn1CCCOc1cc(CN2CCOC[C@@](O)(COc3ccc(C)cc3)C2)ccc1OC. The van der Waals surface area contributed by atoms with Crippen LogP contribution in [0.5, 0.6) is 17.2 Å². The molecule has 0 saturated carbocycles. The van der Waals surface area contributed by atoms with Crippen molar-refractivity contribution in [2.45, 2.75) is 45.4 Å². The van der Waals surface area contributed by atoms with E-state index in [9.17, 15) is 5.11 Å². The van der Waals surface area contributed by atoms with Crippen LogP contribution in [-0.4, -0.2) is 71.8 Å². The van der Waals surface area contributed by atoms with E-state index in [1.807, 2.05) is 61.8 Å². The monoisotopic (exact) mass is 509 g/mol. The third-order valence-electron chi connectivity index (χ3n) is 6.52. The maximum absolute atomic E-state index is 11.3. The molecule has 4 rings (SSSR count). The van der Waals surface area contributed by atoms with Gasteiger partial charge in [-0.15, -0.1) is 0 Å². The zero-order valence-electron chi connectivity index (χ0n) is 22.2. The maximum atomic E-state index is 11.3. The molecule has 8 heteroatoms. The van der Waals surface area contributed by atoms with Crippen molar-refractivity contribution >= 4 is 0 Å². The van der Waals surface area contributed by atoms with E-state index in [1.54, 1.807) is 7.11 Å². The number of nitrogens with zero attached hydrogens (tertiary/aromatic N) is 3. The Morgan fingerprint density at radius 2 is 1.95 bits per heavy atom. The molecule has 0 radical (unpaired) electrons. The zero-order chi connectivity index (χ0) is 26.1. The van der Waals surface area contributed by atoms with E-state index in [4.69, 9.17) is 18.9 Å². The maximum Gasteiger partial charge on any atom is 0.161 e. The van der Waals surface area contributed by atoms with Crippen molar-refractivity contribution in [3.63, 3.8) is 0 Å². The standard InChI is InChI=1S/C29H39N3O5/c1-4-28-30-12-14-32(28)13-5-16-36-27-18-24(8-11-26(27)34-3)19-31-15-17-35-21-29(33,20-31)22-37-25-9-6-23(2)7-10-25/h6-12,14,18,33H,4-5,13,15-17,19-22H2,1-3H3/t29-/m1/s1. The second kappa shape index (κ2) is 12.9. The molecule has 1 saturated heterocycles. The summed E-state index contributed by atoms with van der Waals surface area (Å²) in [6.07, 6.45) is 5.64. The summed E-state index contributed by atoms with van der Waals surface area (Å²) in [4.78, 5) is 6.57. The number of imidazole rings is 1. The summed E-state index contributed by atoms with van der Waals surface area (Å²) in [5.74, 6) is 3.27. The lowest BCUT2D eigenvalue weighted by atomic mass is 10.1. The van der Waals surface area contributed by atoms with Crippen LogP contribution in [0.25, 0.3) is 0 Å². The molecular formula is C29H39N3O5. The van der Waals surface area contributed by atoms with Gasteiger partial charge in [0, 0.05) is 45.0 Å². The Labute approximate surface area is 219 Å². The summed E-state index contributed by atoms with van der Waals surface area (Å²) in [7, 11) is 1.65. The highest BCUT2D eigenvalue weighted by Gasteiger charge is 2.33. The molecule has 2 heterocycles. The summed E-state index contributed by atoms with van der Waals surface area (Å²) in [5, 5.41) is 11.3. The molecular weight excluding hydrogens is 470 g/mol. The second-order valence-electron chi connectivity index (χ2n) is 9.67. The van der Waals surface area contributed by atoms with Crippen molar-refractivity contribution in [3.8, 4) is 17.2 Å². The van der Waals surface area contributed by atoms with Crippen molar-refractivity contribution in [1.29, 1.82) is 0 Å². The predicted molar refractivity (Wildman–Crippen MR) is 142 cm³/mol. The highest BCUT2D eigenvalue weighted by molar-refractivity contribution is 5.43. The number of β-amino-alcohol motifs (C(OH)–C–C–N with tert-alkyl or cyclic N) is 1. The minimum Gasteiger partial charge on any atom is -0.493 e. The van der Waals surface area contributed by atoms with Gasteiger partial charge in [0.1, 0.15) is 23.8 Å². The molecule has 3 aromatic rings. The zero-order valence-corrected chi connectivity index (χ0v) is 22.2. The molecule has 0 unspecified atom stereocenters. The number of aromatic nitrogens is 2. The van der Waals surface area contributed by atoms with Gasteiger partial charge in [-0.25, -0.2) is 4.98 Å². The molecule has 1 N–H and O–H groups in total. The quantitative estimate of drug-likeness (QED) is 0.371. The van der Waals surface area contributed by atoms with Gasteiger partial charge in [0.15, 0.2) is 11.5 Å². The van der Waals surface area contributed by atoms with Gasteiger partial charge in [-0.1, -0.05) is 30.7 Å². The van der Waals surface area contributed by atoms with Crippen LogP contribution in [0.3, 0.4) is 0 Å². The minimum absolute atomic E-state index is 0.167. The molecule has 37 heavy (non-hydrogen) atoms. The van der Waals surface area contributed by atoms with Crippen LogP contribution in [0.15, 0.2) is 54.9 Å². The Kier molecular flexibility index (Phi) is 9.44. The van der Waals surface area contributed by atoms with Crippen molar-refractivity contribution in [3.05, 3.63) is 71.8 Å². The molecule has 0 spiro atoms. The number of rotatable bonds is 12. The predicted octanol–water partition coefficient (Wildman–Crippen LogP) is 3.87. The second-order valence-corrected chi connectivity index (χ2v) is 9.67. The van der Waals surface area contributed by atoms with Gasteiger partial charge in [0.2, 0.25) is 0 Å². The van der Waals surface area contributed by atoms with Gasteiger partial charge < -0.3 is 28.6 Å². The van der Waals surface area contributed by atoms with E-state index in [0.717, 1.165) is 48.8 Å². The molecule has 0 amide bonds. The van der Waals surface area contributed by atoms with Crippen LogP contribution in [-0.2, 0) is 24.2 Å². The highest BCUT2D eigenvalue weighted by Crippen LogP contribution is 2.29. The molecule has 1 aliphatic rings. The Morgan fingerprint density at radius 3 is 2.73 bits per heavy atom. The number of aliphatic hydroxyl groups is 1. The third kappa shape index (κ3) is 7.71. The van der Waals surface area contributed by atoms with Crippen LogP contribution in [0.2, 0.25) is 0 Å². The van der Waals surface area contributed by atoms with Gasteiger partial charge >= 0.3 is 0 Å². The average Bonchev–Trinajstić information content (AvgIpc) is 3.28. The molecule has 1 aliphatic heterocycles.